The number of nitriles is 1. The Hall–Kier alpha value is -2.81. The van der Waals surface area contributed by atoms with E-state index >= 15 is 0 Å². The summed E-state index contributed by atoms with van der Waals surface area (Å²) in [5.41, 5.74) is 1.15. The smallest absolute Gasteiger partial charge is 0.231 e. The van der Waals surface area contributed by atoms with Crippen LogP contribution < -0.4 is 9.47 Å². The highest BCUT2D eigenvalue weighted by Gasteiger charge is 2.42. The highest BCUT2D eigenvalue weighted by Crippen LogP contribution is 2.37. The first-order valence-electron chi connectivity index (χ1n) is 9.64. The quantitative estimate of drug-likeness (QED) is 0.778. The molecule has 144 valence electrons. The summed E-state index contributed by atoms with van der Waals surface area (Å²) in [7, 11) is 0. The molecule has 1 N–H and O–H groups in total. The van der Waals surface area contributed by atoms with Crippen LogP contribution in [0, 0.1) is 11.3 Å². The van der Waals surface area contributed by atoms with Crippen molar-refractivity contribution in [2.24, 2.45) is 0 Å². The van der Waals surface area contributed by atoms with E-state index in [0.717, 1.165) is 35.5 Å². The van der Waals surface area contributed by atoms with Gasteiger partial charge in [-0.05, 0) is 42.5 Å². The van der Waals surface area contributed by atoms with Gasteiger partial charge in [-0.2, -0.15) is 5.26 Å². The van der Waals surface area contributed by atoms with Crippen LogP contribution in [-0.4, -0.2) is 35.0 Å². The molecule has 4 rings (SSSR count). The van der Waals surface area contributed by atoms with Crippen molar-refractivity contribution in [3.8, 4) is 17.6 Å². The number of ether oxygens (including phenoxy) is 2. The molecule has 1 fully saturated rings. The highest BCUT2D eigenvalue weighted by atomic mass is 16.7. The predicted molar refractivity (Wildman–Crippen MR) is 107 cm³/mol. The molecule has 0 radical (unpaired) electrons. The second kappa shape index (κ2) is 8.05. The number of hydrogen-bond donors (Lipinski definition) is 1. The maximum atomic E-state index is 11.4. The summed E-state index contributed by atoms with van der Waals surface area (Å²) in [6, 6.07) is 18.0. The monoisotopic (exact) mass is 376 g/mol. The Kier molecular flexibility index (Phi) is 5.34. The molecule has 1 aliphatic carbocycles. The zero-order valence-electron chi connectivity index (χ0n) is 15.8. The number of fused-ring (bicyclic) bond motifs is 1. The molecule has 5 nitrogen and oxygen atoms in total. The lowest BCUT2D eigenvalue weighted by Gasteiger charge is -2.35. The number of rotatable bonds is 6. The van der Waals surface area contributed by atoms with Crippen LogP contribution in [-0.2, 0) is 6.54 Å². The van der Waals surface area contributed by atoms with Gasteiger partial charge in [-0.15, -0.1) is 0 Å². The molecular weight excluding hydrogens is 352 g/mol. The number of benzene rings is 2. The first-order valence-corrected chi connectivity index (χ1v) is 9.64. The normalized spacial score (nSPS) is 23.4. The predicted octanol–water partition coefficient (Wildman–Crippen LogP) is 3.74. The van der Waals surface area contributed by atoms with Gasteiger partial charge < -0.3 is 14.6 Å². The molecule has 0 saturated heterocycles. The molecule has 5 heteroatoms. The first kappa shape index (κ1) is 18.5. The summed E-state index contributed by atoms with van der Waals surface area (Å²) in [5, 5.41) is 20.7. The second-order valence-electron chi connectivity index (χ2n) is 7.39. The molecular formula is C23H24N2O3. The Balaban J connectivity index is 1.53. The Labute approximate surface area is 165 Å². The van der Waals surface area contributed by atoms with Gasteiger partial charge >= 0.3 is 0 Å². The molecule has 0 amide bonds. The summed E-state index contributed by atoms with van der Waals surface area (Å²) in [6.07, 6.45) is 6.32. The van der Waals surface area contributed by atoms with Crippen molar-refractivity contribution in [3.05, 3.63) is 65.7 Å². The van der Waals surface area contributed by atoms with Crippen LogP contribution in [0.3, 0.4) is 0 Å². The number of aliphatic hydroxyl groups is 1. The van der Waals surface area contributed by atoms with Gasteiger partial charge in [0, 0.05) is 12.6 Å². The summed E-state index contributed by atoms with van der Waals surface area (Å²) >= 11 is 0. The minimum atomic E-state index is -0.956. The van der Waals surface area contributed by atoms with E-state index in [2.05, 4.69) is 23.1 Å². The van der Waals surface area contributed by atoms with Crippen LogP contribution in [0.1, 0.15) is 30.4 Å². The minimum Gasteiger partial charge on any atom is -0.454 e. The lowest BCUT2D eigenvalue weighted by Crippen LogP contribution is -2.48. The van der Waals surface area contributed by atoms with E-state index in [-0.39, 0.29) is 12.8 Å². The fourth-order valence-electron chi connectivity index (χ4n) is 4.13. The molecule has 2 aliphatic rings. The van der Waals surface area contributed by atoms with Crippen molar-refractivity contribution in [1.82, 2.24) is 4.90 Å². The lowest BCUT2D eigenvalue weighted by atomic mass is 9.94. The third-order valence-corrected chi connectivity index (χ3v) is 5.54. The molecule has 0 aromatic heterocycles. The molecule has 28 heavy (non-hydrogen) atoms. The number of hydrogen-bond acceptors (Lipinski definition) is 5. The van der Waals surface area contributed by atoms with Gasteiger partial charge in [0.2, 0.25) is 6.79 Å². The topological polar surface area (TPSA) is 65.7 Å². The Bertz CT molecular complexity index is 890. The van der Waals surface area contributed by atoms with Gasteiger partial charge in [0.25, 0.3) is 0 Å². The van der Waals surface area contributed by atoms with E-state index in [9.17, 15) is 10.4 Å². The molecule has 2 aromatic rings. The van der Waals surface area contributed by atoms with Crippen molar-refractivity contribution in [3.63, 3.8) is 0 Å². The van der Waals surface area contributed by atoms with E-state index in [4.69, 9.17) is 9.47 Å². The van der Waals surface area contributed by atoms with Crippen LogP contribution in [0.4, 0.5) is 0 Å². The van der Waals surface area contributed by atoms with Gasteiger partial charge in [-0.25, -0.2) is 0 Å². The van der Waals surface area contributed by atoms with Crippen LogP contribution in [0.15, 0.2) is 54.6 Å². The van der Waals surface area contributed by atoms with Crippen LogP contribution in [0.25, 0.3) is 6.08 Å². The maximum Gasteiger partial charge on any atom is 0.231 e. The third-order valence-electron chi connectivity index (χ3n) is 5.54. The first-order chi connectivity index (χ1) is 13.7. The van der Waals surface area contributed by atoms with Gasteiger partial charge in [0.1, 0.15) is 0 Å². The molecule has 2 atom stereocenters. The summed E-state index contributed by atoms with van der Waals surface area (Å²) < 4.78 is 10.8. The van der Waals surface area contributed by atoms with E-state index in [1.807, 2.05) is 48.6 Å². The molecule has 0 spiro atoms. The average Bonchev–Trinajstić information content (AvgIpc) is 3.33. The Morgan fingerprint density at radius 3 is 2.82 bits per heavy atom. The van der Waals surface area contributed by atoms with E-state index in [0.29, 0.717) is 19.5 Å². The van der Waals surface area contributed by atoms with E-state index in [1.165, 1.54) is 0 Å². The molecule has 1 heterocycles. The summed E-state index contributed by atoms with van der Waals surface area (Å²) in [4.78, 5) is 2.09. The lowest BCUT2D eigenvalue weighted by molar-refractivity contribution is 0.0129. The summed E-state index contributed by atoms with van der Waals surface area (Å²) in [5.74, 6) is 1.48. The van der Waals surface area contributed by atoms with Crippen LogP contribution >= 0.6 is 0 Å². The molecule has 2 aromatic carbocycles. The molecule has 1 aliphatic heterocycles. The zero-order valence-corrected chi connectivity index (χ0v) is 15.8. The molecule has 0 bridgehead atoms. The second-order valence-corrected chi connectivity index (χ2v) is 7.39. The molecule has 0 unspecified atom stereocenters. The Morgan fingerprint density at radius 1 is 1.18 bits per heavy atom. The highest BCUT2D eigenvalue weighted by molar-refractivity contribution is 5.57. The van der Waals surface area contributed by atoms with Crippen molar-refractivity contribution < 1.29 is 14.6 Å². The Morgan fingerprint density at radius 2 is 2.00 bits per heavy atom. The third kappa shape index (κ3) is 3.89. The SMILES string of the molecule is N#CCN(Cc1ccccc1)[C@H]1CCC[C@]1(O)/C=C/c1ccc2c(c1)OCO2. The fraction of sp³-hybridized carbons (Fsp3) is 0.348. The van der Waals surface area contributed by atoms with E-state index < -0.39 is 5.60 Å². The summed E-state index contributed by atoms with van der Waals surface area (Å²) in [6.45, 7) is 1.19. The largest absolute Gasteiger partial charge is 0.454 e. The maximum absolute atomic E-state index is 11.4. The standard InChI is InChI=1S/C23H24N2O3/c24-13-14-25(16-19-5-2-1-3-6-19)22-7-4-11-23(22,26)12-10-18-8-9-20-21(15-18)28-17-27-20/h1-3,5-6,8-10,12,15,22,26H,4,7,11,14,16-17H2/b12-10+/t22-,23-/m0/s1. The van der Waals surface area contributed by atoms with E-state index in [1.54, 1.807) is 0 Å². The van der Waals surface area contributed by atoms with Crippen molar-refractivity contribution in [1.29, 1.82) is 5.26 Å². The van der Waals surface area contributed by atoms with Gasteiger partial charge in [0.15, 0.2) is 11.5 Å². The number of nitrogens with zero attached hydrogens (tertiary/aromatic N) is 2. The zero-order chi connectivity index (χ0) is 19.4. The fourth-order valence-corrected chi connectivity index (χ4v) is 4.13. The molecule has 1 saturated carbocycles. The van der Waals surface area contributed by atoms with Gasteiger partial charge in [0.05, 0.1) is 18.2 Å². The average molecular weight is 376 g/mol. The van der Waals surface area contributed by atoms with Crippen LogP contribution in [0.2, 0.25) is 0 Å². The van der Waals surface area contributed by atoms with Crippen LogP contribution in [0.5, 0.6) is 11.5 Å². The minimum absolute atomic E-state index is 0.0855. The van der Waals surface area contributed by atoms with Crippen molar-refractivity contribution in [2.75, 3.05) is 13.3 Å². The van der Waals surface area contributed by atoms with Crippen molar-refractivity contribution in [2.45, 2.75) is 37.5 Å². The van der Waals surface area contributed by atoms with Gasteiger partial charge in [-0.1, -0.05) is 48.6 Å². The van der Waals surface area contributed by atoms with Gasteiger partial charge in [-0.3, -0.25) is 4.90 Å². The van der Waals surface area contributed by atoms with Crippen molar-refractivity contribution >= 4 is 6.08 Å².